The third-order valence-electron chi connectivity index (χ3n) is 4.44. The van der Waals surface area contributed by atoms with E-state index in [2.05, 4.69) is 47.9 Å². The molecular weight excluding hydrogens is 405 g/mol. The Morgan fingerprint density at radius 2 is 1.81 bits per heavy atom. The molecule has 0 aliphatic heterocycles. The van der Waals surface area contributed by atoms with Crippen LogP contribution in [0, 0.1) is 17.8 Å². The molecule has 1 rings (SSSR count). The van der Waals surface area contributed by atoms with Gasteiger partial charge in [0.15, 0.2) is 0 Å². The molecule has 1 aromatic heterocycles. The maximum atomic E-state index is 12.6. The first-order chi connectivity index (χ1) is 14.2. The topological polar surface area (TPSA) is 63.3 Å². The zero-order valence-electron chi connectivity index (χ0n) is 19.7. The van der Waals surface area contributed by atoms with Crippen LogP contribution in [0.25, 0.3) is 0 Å². The van der Waals surface area contributed by atoms with Crippen molar-refractivity contribution in [1.82, 2.24) is 15.5 Å². The first kappa shape index (κ1) is 26.7. The molecule has 1 N–H and O–H groups in total. The van der Waals surface area contributed by atoms with Crippen LogP contribution in [-0.2, 0) is 6.42 Å². The molecule has 0 radical (unpaired) electrons. The quantitative estimate of drug-likeness (QED) is 0.341. The van der Waals surface area contributed by atoms with Crippen LogP contribution >= 0.6 is 0 Å². The highest BCUT2D eigenvalue weighted by molar-refractivity contribution is 5.56. The van der Waals surface area contributed by atoms with Gasteiger partial charge in [-0.1, -0.05) is 41.2 Å². The molecular formula is C23H35F3N4O. The molecule has 0 aliphatic rings. The Balaban J connectivity index is 3.45. The van der Waals surface area contributed by atoms with E-state index in [1.54, 1.807) is 13.1 Å². The lowest BCUT2D eigenvalue weighted by Gasteiger charge is -2.29. The van der Waals surface area contributed by atoms with E-state index in [9.17, 15) is 13.2 Å². The summed E-state index contributed by atoms with van der Waals surface area (Å²) in [5.74, 6) is 0.975. The summed E-state index contributed by atoms with van der Waals surface area (Å²) in [5, 5.41) is 10.9. The lowest BCUT2D eigenvalue weighted by Crippen LogP contribution is -2.24. The van der Waals surface area contributed by atoms with Crippen molar-refractivity contribution in [1.29, 1.82) is 0 Å². The van der Waals surface area contributed by atoms with Crippen LogP contribution in [0.1, 0.15) is 66.2 Å². The zero-order valence-corrected chi connectivity index (χ0v) is 19.7. The Labute approximate surface area is 183 Å². The summed E-state index contributed by atoms with van der Waals surface area (Å²) in [6.07, 6.45) is 1.07. The Kier molecular flexibility index (Phi) is 9.26. The summed E-state index contributed by atoms with van der Waals surface area (Å²) in [6, 6.07) is 0. The fraction of sp³-hybridized carbons (Fsp3) is 0.609. The fourth-order valence-corrected chi connectivity index (χ4v) is 3.11. The van der Waals surface area contributed by atoms with Gasteiger partial charge in [0.05, 0.1) is 6.42 Å². The van der Waals surface area contributed by atoms with Crippen molar-refractivity contribution in [2.45, 2.75) is 73.9 Å². The van der Waals surface area contributed by atoms with E-state index in [0.717, 1.165) is 11.3 Å². The number of nitrogens with zero attached hydrogens (tertiary/aromatic N) is 3. The molecule has 0 fully saturated rings. The zero-order chi connectivity index (χ0) is 23.9. The van der Waals surface area contributed by atoms with E-state index in [1.807, 2.05) is 26.8 Å². The number of aliphatic imine (C=N–C) groups is 1. The van der Waals surface area contributed by atoms with Gasteiger partial charge in [-0.2, -0.15) is 13.2 Å². The molecule has 0 saturated carbocycles. The maximum absolute atomic E-state index is 12.6. The van der Waals surface area contributed by atoms with Gasteiger partial charge in [-0.05, 0) is 36.5 Å². The van der Waals surface area contributed by atoms with Crippen LogP contribution in [-0.4, -0.2) is 29.1 Å². The van der Waals surface area contributed by atoms with Crippen molar-refractivity contribution < 1.29 is 17.6 Å². The van der Waals surface area contributed by atoms with Crippen LogP contribution in [0.3, 0.4) is 0 Å². The van der Waals surface area contributed by atoms with Gasteiger partial charge >= 0.3 is 6.18 Å². The van der Waals surface area contributed by atoms with Crippen LogP contribution in [0.2, 0.25) is 0 Å². The van der Waals surface area contributed by atoms with Gasteiger partial charge in [-0.15, -0.1) is 10.2 Å². The van der Waals surface area contributed by atoms with E-state index in [4.69, 9.17) is 4.42 Å². The van der Waals surface area contributed by atoms with Gasteiger partial charge in [0, 0.05) is 42.9 Å². The van der Waals surface area contributed by atoms with E-state index >= 15 is 0 Å². The van der Waals surface area contributed by atoms with Gasteiger partial charge in [0.1, 0.15) is 0 Å². The highest BCUT2D eigenvalue weighted by Crippen LogP contribution is 2.38. The van der Waals surface area contributed by atoms with Crippen molar-refractivity contribution in [3.05, 3.63) is 47.5 Å². The molecule has 31 heavy (non-hydrogen) atoms. The molecule has 1 heterocycles. The highest BCUT2D eigenvalue weighted by Gasteiger charge is 2.30. The maximum Gasteiger partial charge on any atom is 0.390 e. The van der Waals surface area contributed by atoms with Crippen LogP contribution < -0.4 is 5.32 Å². The van der Waals surface area contributed by atoms with Crippen molar-refractivity contribution in [2.75, 3.05) is 6.54 Å². The Bertz CT molecular complexity index is 825. The lowest BCUT2D eigenvalue weighted by atomic mass is 9.77. The molecule has 0 aromatic carbocycles. The van der Waals surface area contributed by atoms with Gasteiger partial charge in [-0.3, -0.25) is 4.99 Å². The lowest BCUT2D eigenvalue weighted by molar-refractivity contribution is -0.133. The number of rotatable bonds is 10. The van der Waals surface area contributed by atoms with Crippen molar-refractivity contribution >= 4 is 6.21 Å². The number of halogens is 3. The van der Waals surface area contributed by atoms with Crippen molar-refractivity contribution in [3.8, 4) is 0 Å². The van der Waals surface area contributed by atoms with Gasteiger partial charge in [0.25, 0.3) is 0 Å². The molecule has 0 amide bonds. The summed E-state index contributed by atoms with van der Waals surface area (Å²) >= 11 is 0. The number of hydrogen-bond donors (Lipinski definition) is 1. The van der Waals surface area contributed by atoms with Crippen molar-refractivity contribution in [3.63, 3.8) is 0 Å². The summed E-state index contributed by atoms with van der Waals surface area (Å²) in [5.41, 5.74) is 1.72. The van der Waals surface area contributed by atoms with E-state index in [1.165, 1.54) is 6.08 Å². The molecule has 0 saturated heterocycles. The molecule has 0 atom stereocenters. The molecule has 8 heteroatoms. The monoisotopic (exact) mass is 440 g/mol. The van der Waals surface area contributed by atoms with E-state index in [-0.39, 0.29) is 12.0 Å². The third kappa shape index (κ3) is 9.98. The minimum Gasteiger partial charge on any atom is -0.426 e. The standard InChI is InChI=1S/C23H35F3N4O/c1-9-17(28-12-11-23(24,25)26)13-18(19(27-10-2)14-21(4,5)6)22(7,8)15-20-30-29-16(3)31-20/h9-10,13,28H,1,11-12,14-15H2,2-8H3/b17-13+,19-18-,27-10?. The average molecular weight is 441 g/mol. The number of aryl methyl sites for hydroxylation is 1. The first-order valence-electron chi connectivity index (χ1n) is 10.3. The van der Waals surface area contributed by atoms with E-state index < -0.39 is 18.0 Å². The van der Waals surface area contributed by atoms with Gasteiger partial charge in [-0.25, -0.2) is 0 Å². The number of alkyl halides is 3. The number of nitrogens with one attached hydrogen (secondary N) is 1. The third-order valence-corrected chi connectivity index (χ3v) is 4.44. The minimum absolute atomic E-state index is 0.0455. The fourth-order valence-electron chi connectivity index (χ4n) is 3.11. The van der Waals surface area contributed by atoms with Crippen molar-refractivity contribution in [2.24, 2.45) is 15.8 Å². The second-order valence-corrected chi connectivity index (χ2v) is 9.36. The second kappa shape index (κ2) is 10.8. The SMILES string of the molecule is C=C/C(=C\C(=C(/CC(C)(C)C)N=CC)C(C)(C)Cc1nnc(C)o1)NCCC(F)(F)F. The first-order valence-corrected chi connectivity index (χ1v) is 10.3. The second-order valence-electron chi connectivity index (χ2n) is 9.36. The largest absolute Gasteiger partial charge is 0.426 e. The van der Waals surface area contributed by atoms with Crippen LogP contribution in [0.15, 0.2) is 45.1 Å². The molecule has 5 nitrogen and oxygen atoms in total. The van der Waals surface area contributed by atoms with Gasteiger partial charge in [0.2, 0.25) is 11.8 Å². The number of aromatic nitrogens is 2. The normalized spacial score (nSPS) is 14.7. The molecule has 0 unspecified atom stereocenters. The molecule has 0 spiro atoms. The molecule has 0 aliphatic carbocycles. The van der Waals surface area contributed by atoms with E-state index in [0.29, 0.717) is 30.3 Å². The minimum atomic E-state index is -4.23. The molecule has 0 bridgehead atoms. The predicted octanol–water partition coefficient (Wildman–Crippen LogP) is 6.34. The Morgan fingerprint density at radius 3 is 2.26 bits per heavy atom. The highest BCUT2D eigenvalue weighted by atomic mass is 19.4. The summed E-state index contributed by atoms with van der Waals surface area (Å²) in [7, 11) is 0. The summed E-state index contributed by atoms with van der Waals surface area (Å²) < 4.78 is 43.3. The predicted molar refractivity (Wildman–Crippen MR) is 119 cm³/mol. The van der Waals surface area contributed by atoms with Crippen LogP contribution in [0.4, 0.5) is 13.2 Å². The summed E-state index contributed by atoms with van der Waals surface area (Å²) in [4.78, 5) is 4.63. The van der Waals surface area contributed by atoms with Crippen LogP contribution in [0.5, 0.6) is 0 Å². The Morgan fingerprint density at radius 1 is 1.16 bits per heavy atom. The number of hydrogen-bond acceptors (Lipinski definition) is 5. The smallest absolute Gasteiger partial charge is 0.390 e. The average Bonchev–Trinajstić information content (AvgIpc) is 2.99. The number of allylic oxidation sites excluding steroid dienone is 4. The van der Waals surface area contributed by atoms with Gasteiger partial charge < -0.3 is 9.73 Å². The molecule has 1 aromatic rings. The Hall–Kier alpha value is -2.38. The molecule has 174 valence electrons. The summed E-state index contributed by atoms with van der Waals surface area (Å²) in [6.45, 7) is 17.5.